The molecule has 1 aromatic carbocycles. The number of aromatic amines is 1. The van der Waals surface area contributed by atoms with E-state index >= 15 is 0 Å². The zero-order chi connectivity index (χ0) is 19.7. The van der Waals surface area contributed by atoms with Gasteiger partial charge in [0.15, 0.2) is 5.89 Å². The largest absolute Gasteiger partial charge is 0.507 e. The van der Waals surface area contributed by atoms with Crippen molar-refractivity contribution in [3.8, 4) is 17.0 Å². The number of hydrogen-bond donors (Lipinski definition) is 2. The number of phenolic OH excluding ortho intramolecular Hbond substituents is 1. The molecule has 0 spiro atoms. The van der Waals surface area contributed by atoms with Crippen LogP contribution in [0.15, 0.2) is 34.7 Å². The summed E-state index contributed by atoms with van der Waals surface area (Å²) in [5.74, 6) is 2.25. The summed E-state index contributed by atoms with van der Waals surface area (Å²) in [7, 11) is 0. The van der Waals surface area contributed by atoms with Crippen LogP contribution in [0.3, 0.4) is 0 Å². The first-order chi connectivity index (χ1) is 13.5. The minimum Gasteiger partial charge on any atom is -0.507 e. The first-order valence-corrected chi connectivity index (χ1v) is 9.61. The summed E-state index contributed by atoms with van der Waals surface area (Å²) in [6.45, 7) is 5.37. The van der Waals surface area contributed by atoms with Crippen molar-refractivity contribution in [1.82, 2.24) is 20.1 Å². The third kappa shape index (κ3) is 3.65. The Kier molecular flexibility index (Phi) is 4.90. The Balaban J connectivity index is 1.47. The molecule has 3 heterocycles. The van der Waals surface area contributed by atoms with Gasteiger partial charge in [-0.1, -0.05) is 26.0 Å². The lowest BCUT2D eigenvalue weighted by Crippen LogP contribution is -2.36. The van der Waals surface area contributed by atoms with Gasteiger partial charge in [0.05, 0.1) is 12.2 Å². The van der Waals surface area contributed by atoms with Gasteiger partial charge in [-0.3, -0.25) is 9.89 Å². The second kappa shape index (κ2) is 7.50. The Hall–Kier alpha value is -3.09. The highest BCUT2D eigenvalue weighted by Gasteiger charge is 2.27. The van der Waals surface area contributed by atoms with Crippen LogP contribution in [-0.2, 0) is 19.4 Å². The van der Waals surface area contributed by atoms with Crippen LogP contribution in [0.5, 0.6) is 5.75 Å². The molecule has 146 valence electrons. The number of amides is 1. The molecule has 1 aliphatic rings. The van der Waals surface area contributed by atoms with Crippen molar-refractivity contribution in [2.45, 2.75) is 39.7 Å². The highest BCUT2D eigenvalue weighted by Crippen LogP contribution is 2.28. The number of oxazole rings is 1. The molecule has 0 saturated carbocycles. The standard InChI is InChI=1S/C21H24N4O3/c1-13(2)7-8-20-22-17-12-25(10-9-19(17)28-20)21(27)16-11-15(23-24-16)14-5-3-4-6-18(14)26/h3-6,11,13,26H,7-10,12H2,1-2H3,(H,23,24). The van der Waals surface area contributed by atoms with Crippen molar-refractivity contribution >= 4 is 5.91 Å². The number of carbonyl (C=O) groups excluding carboxylic acids is 1. The molecule has 0 fully saturated rings. The number of hydrogen-bond acceptors (Lipinski definition) is 5. The first kappa shape index (κ1) is 18.3. The molecular formula is C21H24N4O3. The van der Waals surface area contributed by atoms with E-state index in [9.17, 15) is 9.90 Å². The summed E-state index contributed by atoms with van der Waals surface area (Å²) < 4.78 is 5.87. The SMILES string of the molecule is CC(C)CCc1nc2c(o1)CCN(C(=O)c1cc(-c3ccccc3O)n[nH]1)C2. The van der Waals surface area contributed by atoms with Gasteiger partial charge in [-0.15, -0.1) is 0 Å². The van der Waals surface area contributed by atoms with Gasteiger partial charge in [-0.25, -0.2) is 4.98 Å². The van der Waals surface area contributed by atoms with E-state index in [-0.39, 0.29) is 11.7 Å². The number of nitrogens with one attached hydrogen (secondary N) is 1. The van der Waals surface area contributed by atoms with Gasteiger partial charge in [0.2, 0.25) is 0 Å². The van der Waals surface area contributed by atoms with Crippen LogP contribution in [0.2, 0.25) is 0 Å². The average Bonchev–Trinajstić information content (AvgIpc) is 3.32. The maximum absolute atomic E-state index is 12.9. The molecule has 4 rings (SSSR count). The van der Waals surface area contributed by atoms with Gasteiger partial charge in [-0.05, 0) is 30.5 Å². The first-order valence-electron chi connectivity index (χ1n) is 9.61. The molecule has 2 N–H and O–H groups in total. The molecule has 28 heavy (non-hydrogen) atoms. The summed E-state index contributed by atoms with van der Waals surface area (Å²) in [6, 6.07) is 8.60. The normalized spacial score (nSPS) is 13.8. The Morgan fingerprint density at radius 2 is 2.18 bits per heavy atom. The number of aromatic nitrogens is 3. The van der Waals surface area contributed by atoms with E-state index in [1.165, 1.54) is 0 Å². The van der Waals surface area contributed by atoms with E-state index in [4.69, 9.17) is 4.42 Å². The number of aromatic hydroxyl groups is 1. The quantitative estimate of drug-likeness (QED) is 0.706. The maximum atomic E-state index is 12.9. The zero-order valence-electron chi connectivity index (χ0n) is 16.1. The lowest BCUT2D eigenvalue weighted by atomic mass is 10.1. The van der Waals surface area contributed by atoms with Gasteiger partial charge in [-0.2, -0.15) is 5.10 Å². The molecule has 0 unspecified atom stereocenters. The topological polar surface area (TPSA) is 95.2 Å². The zero-order valence-corrected chi connectivity index (χ0v) is 16.1. The number of carbonyl (C=O) groups is 1. The second-order valence-electron chi connectivity index (χ2n) is 7.57. The molecule has 1 amide bonds. The molecule has 0 aliphatic carbocycles. The minimum atomic E-state index is -0.133. The monoisotopic (exact) mass is 380 g/mol. The van der Waals surface area contributed by atoms with Crippen LogP contribution in [-0.4, -0.2) is 37.6 Å². The summed E-state index contributed by atoms with van der Waals surface area (Å²) in [5.41, 5.74) is 2.37. The number of phenols is 1. The number of nitrogens with zero attached hydrogens (tertiary/aromatic N) is 3. The van der Waals surface area contributed by atoms with Gasteiger partial charge in [0.1, 0.15) is 22.9 Å². The van der Waals surface area contributed by atoms with Crippen LogP contribution >= 0.6 is 0 Å². The number of para-hydroxylation sites is 1. The molecule has 2 aromatic heterocycles. The molecule has 0 radical (unpaired) electrons. The van der Waals surface area contributed by atoms with Crippen LogP contribution < -0.4 is 0 Å². The molecule has 0 atom stereocenters. The number of benzene rings is 1. The van der Waals surface area contributed by atoms with Crippen molar-refractivity contribution in [2.24, 2.45) is 5.92 Å². The van der Waals surface area contributed by atoms with Crippen molar-refractivity contribution in [2.75, 3.05) is 6.54 Å². The molecule has 3 aromatic rings. The fourth-order valence-electron chi connectivity index (χ4n) is 3.37. The lowest BCUT2D eigenvalue weighted by Gasteiger charge is -2.24. The van der Waals surface area contributed by atoms with E-state index < -0.39 is 0 Å². The van der Waals surface area contributed by atoms with Gasteiger partial charge >= 0.3 is 0 Å². The Morgan fingerprint density at radius 3 is 2.96 bits per heavy atom. The molecule has 1 aliphatic heterocycles. The smallest absolute Gasteiger partial charge is 0.272 e. The van der Waals surface area contributed by atoms with Crippen molar-refractivity contribution in [3.05, 3.63) is 53.4 Å². The van der Waals surface area contributed by atoms with Crippen molar-refractivity contribution in [3.63, 3.8) is 0 Å². The second-order valence-corrected chi connectivity index (χ2v) is 7.57. The number of rotatable bonds is 5. The average molecular weight is 380 g/mol. The van der Waals surface area contributed by atoms with E-state index in [1.54, 1.807) is 29.2 Å². The van der Waals surface area contributed by atoms with Crippen molar-refractivity contribution < 1.29 is 14.3 Å². The number of H-pyrrole nitrogens is 1. The summed E-state index contributed by atoms with van der Waals surface area (Å²) in [6.07, 6.45) is 2.52. The molecule has 0 bridgehead atoms. The Bertz CT molecular complexity index is 989. The van der Waals surface area contributed by atoms with E-state index in [1.807, 2.05) is 6.07 Å². The maximum Gasteiger partial charge on any atom is 0.272 e. The van der Waals surface area contributed by atoms with Gasteiger partial charge < -0.3 is 14.4 Å². The third-order valence-corrected chi connectivity index (χ3v) is 4.98. The fourth-order valence-corrected chi connectivity index (χ4v) is 3.37. The molecule has 7 nitrogen and oxygen atoms in total. The Labute approximate surface area is 163 Å². The highest BCUT2D eigenvalue weighted by molar-refractivity contribution is 5.93. The van der Waals surface area contributed by atoms with E-state index in [2.05, 4.69) is 29.0 Å². The number of aryl methyl sites for hydroxylation is 1. The van der Waals surface area contributed by atoms with Crippen LogP contribution in [0, 0.1) is 5.92 Å². The Morgan fingerprint density at radius 1 is 1.36 bits per heavy atom. The third-order valence-electron chi connectivity index (χ3n) is 4.98. The molecule has 0 saturated heterocycles. The molecule has 7 heteroatoms. The minimum absolute atomic E-state index is 0.132. The van der Waals surface area contributed by atoms with E-state index in [0.29, 0.717) is 42.4 Å². The van der Waals surface area contributed by atoms with Crippen LogP contribution in [0.25, 0.3) is 11.3 Å². The lowest BCUT2D eigenvalue weighted by molar-refractivity contribution is 0.0722. The van der Waals surface area contributed by atoms with Crippen LogP contribution in [0.1, 0.15) is 48.1 Å². The summed E-state index contributed by atoms with van der Waals surface area (Å²) in [5, 5.41) is 17.0. The molecular weight excluding hydrogens is 356 g/mol. The van der Waals surface area contributed by atoms with Gasteiger partial charge in [0, 0.05) is 24.9 Å². The van der Waals surface area contributed by atoms with Crippen molar-refractivity contribution in [1.29, 1.82) is 0 Å². The number of fused-ring (bicyclic) bond motifs is 1. The highest BCUT2D eigenvalue weighted by atomic mass is 16.4. The van der Waals surface area contributed by atoms with Gasteiger partial charge in [0.25, 0.3) is 5.91 Å². The predicted octanol–water partition coefficient (Wildman–Crippen LogP) is 3.56. The summed E-state index contributed by atoms with van der Waals surface area (Å²) in [4.78, 5) is 19.2. The predicted molar refractivity (Wildman–Crippen MR) is 104 cm³/mol. The summed E-state index contributed by atoms with van der Waals surface area (Å²) >= 11 is 0. The van der Waals surface area contributed by atoms with E-state index in [0.717, 1.165) is 30.2 Å². The fraction of sp³-hybridized carbons (Fsp3) is 0.381. The van der Waals surface area contributed by atoms with Crippen LogP contribution in [0.4, 0.5) is 0 Å².